The average Bonchev–Trinajstić information content (AvgIpc) is 3.04. The van der Waals surface area contributed by atoms with Crippen molar-refractivity contribution in [2.75, 3.05) is 14.2 Å². The van der Waals surface area contributed by atoms with Gasteiger partial charge in [0.05, 0.1) is 38.1 Å². The second-order valence-electron chi connectivity index (χ2n) is 15.7. The Morgan fingerprint density at radius 2 is 1.42 bits per heavy atom. The zero-order valence-electron chi connectivity index (χ0n) is 33.2. The first-order chi connectivity index (χ1) is 22.3. The Bertz CT molecular complexity index is 1070. The summed E-state index contributed by atoms with van der Waals surface area (Å²) in [6.45, 7) is 32.6. The van der Waals surface area contributed by atoms with Crippen LogP contribution < -0.4 is 4.74 Å². The van der Waals surface area contributed by atoms with Crippen molar-refractivity contribution >= 4 is 22.4 Å². The van der Waals surface area contributed by atoms with Crippen molar-refractivity contribution in [2.24, 2.45) is 23.7 Å². The molecule has 0 heterocycles. The monoisotopic (exact) mass is 708 g/mol. The van der Waals surface area contributed by atoms with E-state index >= 15 is 0 Å². The molecule has 0 saturated heterocycles. The van der Waals surface area contributed by atoms with Crippen molar-refractivity contribution in [1.29, 1.82) is 0 Å². The molecule has 0 aliphatic carbocycles. The zero-order chi connectivity index (χ0) is 37.0. The first kappa shape index (κ1) is 44.7. The first-order valence-corrected chi connectivity index (χ1v) is 23.7. The van der Waals surface area contributed by atoms with E-state index in [-0.39, 0.29) is 53.3 Å². The van der Waals surface area contributed by atoms with Gasteiger partial charge in [-0.1, -0.05) is 94.4 Å². The van der Waals surface area contributed by atoms with Crippen molar-refractivity contribution < 1.29 is 33.0 Å². The van der Waals surface area contributed by atoms with Gasteiger partial charge < -0.3 is 28.2 Å². The number of hydrogen-bond acceptors (Lipinski definition) is 7. The molecule has 48 heavy (non-hydrogen) atoms. The van der Waals surface area contributed by atoms with Gasteiger partial charge in [0.2, 0.25) is 0 Å². The number of rotatable bonds is 23. The predicted molar refractivity (Wildman–Crippen MR) is 205 cm³/mol. The Balaban J connectivity index is 3.38. The molecular weight excluding hydrogens is 637 g/mol. The van der Waals surface area contributed by atoms with E-state index in [1.54, 1.807) is 14.2 Å². The highest BCUT2D eigenvalue weighted by Crippen LogP contribution is 2.41. The van der Waals surface area contributed by atoms with E-state index in [1.807, 2.05) is 44.2 Å². The smallest absolute Gasteiger partial charge is 0.192 e. The molecule has 9 heteroatoms. The highest BCUT2D eigenvalue weighted by Gasteiger charge is 2.47. The van der Waals surface area contributed by atoms with Crippen LogP contribution >= 0.6 is 0 Å². The van der Waals surface area contributed by atoms with Crippen molar-refractivity contribution in [3.63, 3.8) is 0 Å². The fourth-order valence-corrected chi connectivity index (χ4v) is 10.7. The Hall–Kier alpha value is -1.34. The van der Waals surface area contributed by atoms with Gasteiger partial charge in [-0.25, -0.2) is 0 Å². The van der Waals surface area contributed by atoms with Crippen LogP contribution in [0.4, 0.5) is 0 Å². The summed E-state index contributed by atoms with van der Waals surface area (Å²) in [4.78, 5) is 14.2. The molecule has 278 valence electrons. The van der Waals surface area contributed by atoms with Gasteiger partial charge in [-0.3, -0.25) is 4.79 Å². The zero-order valence-corrected chi connectivity index (χ0v) is 35.2. The topological polar surface area (TPSA) is 83.5 Å². The molecule has 0 unspecified atom stereocenters. The van der Waals surface area contributed by atoms with Crippen LogP contribution in [0.5, 0.6) is 5.75 Å². The van der Waals surface area contributed by atoms with Crippen molar-refractivity contribution in [2.45, 2.75) is 156 Å². The van der Waals surface area contributed by atoms with E-state index in [4.69, 9.17) is 23.1 Å². The van der Waals surface area contributed by atoms with Crippen LogP contribution in [0.15, 0.2) is 36.9 Å². The van der Waals surface area contributed by atoms with Crippen molar-refractivity contribution in [3.05, 3.63) is 42.5 Å². The SMILES string of the molecule is C=C[C@H](OC)[C@H](O[Si](CC)(CC)CC)[C@@H](C)[C@@H](O[Si](C)(C)C(C)(C)C)[C@H](C)C(=O)C[C@@H](O)[C@H](C)[C@H](OCc1ccc(OC)cc1)C(C)C. The highest BCUT2D eigenvalue weighted by atomic mass is 28.4. The van der Waals surface area contributed by atoms with E-state index < -0.39 is 34.8 Å². The quantitative estimate of drug-likeness (QED) is 0.0896. The third kappa shape index (κ3) is 12.2. The molecule has 0 radical (unpaired) electrons. The second kappa shape index (κ2) is 19.9. The number of methoxy groups -OCH3 is 2. The molecule has 0 aliphatic heterocycles. The summed E-state index contributed by atoms with van der Waals surface area (Å²) in [5.74, 6) is 0.0447. The Labute approximate surface area is 296 Å². The fraction of sp³-hybridized carbons (Fsp3) is 0.769. The van der Waals surface area contributed by atoms with Gasteiger partial charge in [-0.15, -0.1) is 6.58 Å². The lowest BCUT2D eigenvalue weighted by atomic mass is 9.81. The number of carbonyl (C=O) groups excluding carboxylic acids is 1. The number of aliphatic hydroxyl groups excluding tert-OH is 1. The van der Waals surface area contributed by atoms with Gasteiger partial charge >= 0.3 is 0 Å². The van der Waals surface area contributed by atoms with E-state index in [2.05, 4.69) is 82.0 Å². The van der Waals surface area contributed by atoms with E-state index in [0.717, 1.165) is 29.4 Å². The van der Waals surface area contributed by atoms with E-state index in [1.165, 1.54) is 0 Å². The van der Waals surface area contributed by atoms with Gasteiger partial charge in [-0.05, 0) is 59.9 Å². The van der Waals surface area contributed by atoms with Gasteiger partial charge in [0.25, 0.3) is 0 Å². The molecule has 1 aromatic carbocycles. The summed E-state index contributed by atoms with van der Waals surface area (Å²) in [5.41, 5.74) is 1.03. The number of hydrogen-bond donors (Lipinski definition) is 1. The maximum Gasteiger partial charge on any atom is 0.192 e. The van der Waals surface area contributed by atoms with Gasteiger partial charge in [-0.2, -0.15) is 0 Å². The minimum absolute atomic E-state index is 0.0149. The molecule has 1 aromatic rings. The minimum Gasteiger partial charge on any atom is -0.497 e. The molecule has 1 N–H and O–H groups in total. The summed E-state index contributed by atoms with van der Waals surface area (Å²) in [6, 6.07) is 10.8. The molecule has 0 aliphatic rings. The Morgan fingerprint density at radius 3 is 1.83 bits per heavy atom. The van der Waals surface area contributed by atoms with E-state index in [0.29, 0.717) is 6.61 Å². The Morgan fingerprint density at radius 1 is 0.875 bits per heavy atom. The number of ketones is 1. The summed E-state index contributed by atoms with van der Waals surface area (Å²) < 4.78 is 31.9. The van der Waals surface area contributed by atoms with Gasteiger partial charge in [0.15, 0.2) is 16.6 Å². The first-order valence-electron chi connectivity index (χ1n) is 18.2. The van der Waals surface area contributed by atoms with Crippen LogP contribution in [-0.2, 0) is 29.7 Å². The fourth-order valence-electron chi connectivity index (χ4n) is 6.34. The molecule has 0 saturated carbocycles. The third-order valence-electron chi connectivity index (χ3n) is 11.2. The molecule has 0 bridgehead atoms. The predicted octanol–water partition coefficient (Wildman–Crippen LogP) is 9.45. The lowest BCUT2D eigenvalue weighted by Gasteiger charge is -2.46. The largest absolute Gasteiger partial charge is 0.497 e. The highest BCUT2D eigenvalue weighted by molar-refractivity contribution is 6.74. The standard InChI is InChI=1S/C39H72O7Si2/c1-17-35(43-14)38(46-48(18-2,19-3)20-4)30(9)37(45-47(15,16)39(10,11)12)29(8)34(41)25-33(40)28(7)36(27(5)6)44-26-31-21-23-32(42-13)24-22-31/h17,21-24,27-30,33,35-38,40H,1,18-20,25-26H2,2-16H3/t28-,29+,30-,33+,35-,36+,37-,38+/m0/s1. The number of benzene rings is 1. The summed E-state index contributed by atoms with van der Waals surface area (Å²) >= 11 is 0. The maximum atomic E-state index is 14.2. The average molecular weight is 709 g/mol. The number of Topliss-reactive ketones (excluding diaryl/α,β-unsaturated/α-hetero) is 1. The van der Waals surface area contributed by atoms with Crippen LogP contribution in [0.25, 0.3) is 0 Å². The number of carbonyl (C=O) groups is 1. The van der Waals surface area contributed by atoms with Gasteiger partial charge in [0, 0.05) is 31.3 Å². The molecule has 7 nitrogen and oxygen atoms in total. The Kier molecular flexibility index (Phi) is 18.5. The van der Waals surface area contributed by atoms with Crippen LogP contribution in [0.2, 0.25) is 36.3 Å². The molecule has 1 rings (SSSR count). The van der Waals surface area contributed by atoms with Gasteiger partial charge in [0.1, 0.15) is 17.6 Å². The third-order valence-corrected chi connectivity index (χ3v) is 20.3. The number of ether oxygens (including phenoxy) is 3. The summed E-state index contributed by atoms with van der Waals surface area (Å²) in [7, 11) is -1.04. The molecule has 0 fully saturated rings. The van der Waals surface area contributed by atoms with Crippen LogP contribution in [0, 0.1) is 23.7 Å². The second-order valence-corrected chi connectivity index (χ2v) is 25.2. The number of aliphatic hydroxyl groups is 1. The lowest BCUT2D eigenvalue weighted by Crippen LogP contribution is -2.55. The van der Waals surface area contributed by atoms with Crippen molar-refractivity contribution in [3.8, 4) is 5.75 Å². The van der Waals surface area contributed by atoms with Crippen LogP contribution in [0.3, 0.4) is 0 Å². The van der Waals surface area contributed by atoms with Crippen LogP contribution in [-0.4, -0.2) is 72.3 Å². The maximum absolute atomic E-state index is 14.2. The normalized spacial score (nSPS) is 18.0. The van der Waals surface area contributed by atoms with Crippen molar-refractivity contribution in [1.82, 2.24) is 0 Å². The molecular formula is C39H72O7Si2. The lowest BCUT2D eigenvalue weighted by molar-refractivity contribution is -0.132. The molecule has 8 atom stereocenters. The molecule has 0 amide bonds. The van der Waals surface area contributed by atoms with Crippen LogP contribution in [0.1, 0.15) is 88.1 Å². The van der Waals surface area contributed by atoms with E-state index in [9.17, 15) is 9.90 Å². The summed E-state index contributed by atoms with van der Waals surface area (Å²) in [6.07, 6.45) is -0.326. The molecule has 0 spiro atoms. The molecule has 0 aromatic heterocycles. The minimum atomic E-state index is -2.32. The summed E-state index contributed by atoms with van der Waals surface area (Å²) in [5, 5.41) is 11.5.